The van der Waals surface area contributed by atoms with Gasteiger partial charge in [-0.25, -0.2) is 0 Å². The summed E-state index contributed by atoms with van der Waals surface area (Å²) in [5, 5.41) is 0. The lowest BCUT2D eigenvalue weighted by atomic mass is 9.79. The van der Waals surface area contributed by atoms with Crippen LogP contribution in [0.1, 0.15) is 51.2 Å². The Morgan fingerprint density at radius 2 is 1.59 bits per heavy atom. The summed E-state index contributed by atoms with van der Waals surface area (Å²) in [6.07, 6.45) is 3.10. The molecule has 4 rings (SSSR count). The van der Waals surface area contributed by atoms with Crippen LogP contribution in [0.25, 0.3) is 0 Å². The van der Waals surface area contributed by atoms with Crippen molar-refractivity contribution in [3.8, 4) is 17.2 Å². The van der Waals surface area contributed by atoms with Gasteiger partial charge in [-0.3, -0.25) is 4.99 Å². The molecule has 0 saturated heterocycles. The van der Waals surface area contributed by atoms with Gasteiger partial charge in [0.1, 0.15) is 17.2 Å². The fraction of sp³-hybridized carbons (Fsp3) is 0.321. The second-order valence-electron chi connectivity index (χ2n) is 9.01. The molecule has 3 aromatic carbocycles. The molecule has 32 heavy (non-hydrogen) atoms. The SMILES string of the molecule is CCN1c2ccc(C=Nc3ccc(Oc4ccc(OC)cc4)cc3)cc2C(C)CC1(C)C. The smallest absolute Gasteiger partial charge is 0.127 e. The molecule has 4 nitrogen and oxygen atoms in total. The summed E-state index contributed by atoms with van der Waals surface area (Å²) >= 11 is 0. The molecule has 166 valence electrons. The van der Waals surface area contributed by atoms with Crippen LogP contribution in [-0.4, -0.2) is 25.4 Å². The summed E-state index contributed by atoms with van der Waals surface area (Å²) in [5.74, 6) is 2.89. The molecule has 1 aliphatic rings. The third kappa shape index (κ3) is 4.64. The molecule has 3 aromatic rings. The lowest BCUT2D eigenvalue weighted by molar-refractivity contribution is 0.381. The lowest BCUT2D eigenvalue weighted by Crippen LogP contribution is -2.48. The molecule has 0 spiro atoms. The van der Waals surface area contributed by atoms with Crippen molar-refractivity contribution in [2.45, 2.75) is 45.6 Å². The Hall–Kier alpha value is -3.27. The Kier molecular flexibility index (Phi) is 6.22. The molecule has 0 N–H and O–H groups in total. The van der Waals surface area contributed by atoms with Gasteiger partial charge in [0.25, 0.3) is 0 Å². The maximum atomic E-state index is 5.90. The van der Waals surface area contributed by atoms with E-state index in [1.807, 2.05) is 54.7 Å². The average molecular weight is 429 g/mol. The third-order valence-corrected chi connectivity index (χ3v) is 6.22. The maximum Gasteiger partial charge on any atom is 0.127 e. The highest BCUT2D eigenvalue weighted by Gasteiger charge is 2.35. The number of benzene rings is 3. The van der Waals surface area contributed by atoms with Gasteiger partial charge in [-0.2, -0.15) is 0 Å². The number of fused-ring (bicyclic) bond motifs is 1. The second kappa shape index (κ2) is 9.07. The zero-order chi connectivity index (χ0) is 22.7. The van der Waals surface area contributed by atoms with E-state index < -0.39 is 0 Å². The second-order valence-corrected chi connectivity index (χ2v) is 9.01. The molecule has 0 fully saturated rings. The van der Waals surface area contributed by atoms with E-state index in [1.165, 1.54) is 11.3 Å². The highest BCUT2D eigenvalue weighted by Crippen LogP contribution is 2.43. The van der Waals surface area contributed by atoms with Crippen molar-refractivity contribution >= 4 is 17.6 Å². The fourth-order valence-electron chi connectivity index (χ4n) is 4.72. The number of nitrogens with zero attached hydrogens (tertiary/aromatic N) is 2. The minimum atomic E-state index is 0.187. The largest absolute Gasteiger partial charge is 0.497 e. The molecular weight excluding hydrogens is 396 g/mol. The quantitative estimate of drug-likeness (QED) is 0.385. The number of methoxy groups -OCH3 is 1. The Bertz CT molecular complexity index is 1090. The van der Waals surface area contributed by atoms with Crippen LogP contribution in [0.2, 0.25) is 0 Å². The van der Waals surface area contributed by atoms with Gasteiger partial charge >= 0.3 is 0 Å². The van der Waals surface area contributed by atoms with Gasteiger partial charge < -0.3 is 14.4 Å². The zero-order valence-electron chi connectivity index (χ0n) is 19.6. The molecule has 0 bridgehead atoms. The number of ether oxygens (including phenoxy) is 2. The van der Waals surface area contributed by atoms with Crippen molar-refractivity contribution in [1.82, 2.24) is 0 Å². The molecule has 1 aliphatic heterocycles. The van der Waals surface area contributed by atoms with Crippen LogP contribution in [0.15, 0.2) is 71.7 Å². The van der Waals surface area contributed by atoms with Crippen molar-refractivity contribution in [3.05, 3.63) is 77.9 Å². The number of anilines is 1. The van der Waals surface area contributed by atoms with Gasteiger partial charge in [-0.05, 0) is 105 Å². The maximum absolute atomic E-state index is 5.90. The molecule has 0 aromatic heterocycles. The van der Waals surface area contributed by atoms with Gasteiger partial charge in [0, 0.05) is 24.0 Å². The molecule has 1 unspecified atom stereocenters. The van der Waals surface area contributed by atoms with Crippen LogP contribution in [0.3, 0.4) is 0 Å². The minimum absolute atomic E-state index is 0.187. The normalized spacial score (nSPS) is 17.3. The van der Waals surface area contributed by atoms with Crippen LogP contribution in [0, 0.1) is 0 Å². The number of hydrogen-bond donors (Lipinski definition) is 0. The highest BCUT2D eigenvalue weighted by molar-refractivity contribution is 5.83. The first-order chi connectivity index (χ1) is 15.4. The van der Waals surface area contributed by atoms with Crippen molar-refractivity contribution < 1.29 is 9.47 Å². The van der Waals surface area contributed by atoms with E-state index in [1.54, 1.807) is 7.11 Å². The van der Waals surface area contributed by atoms with E-state index >= 15 is 0 Å². The van der Waals surface area contributed by atoms with Crippen LogP contribution in [-0.2, 0) is 0 Å². The van der Waals surface area contributed by atoms with E-state index in [-0.39, 0.29) is 5.54 Å². The van der Waals surface area contributed by atoms with E-state index in [2.05, 4.69) is 55.8 Å². The zero-order valence-corrected chi connectivity index (χ0v) is 19.6. The van der Waals surface area contributed by atoms with Crippen LogP contribution in [0.5, 0.6) is 17.2 Å². The number of hydrogen-bond acceptors (Lipinski definition) is 4. The Balaban J connectivity index is 1.47. The van der Waals surface area contributed by atoms with Crippen LogP contribution in [0.4, 0.5) is 11.4 Å². The highest BCUT2D eigenvalue weighted by atomic mass is 16.5. The van der Waals surface area contributed by atoms with Gasteiger partial charge in [0.2, 0.25) is 0 Å². The third-order valence-electron chi connectivity index (χ3n) is 6.22. The van der Waals surface area contributed by atoms with E-state index in [0.29, 0.717) is 5.92 Å². The van der Waals surface area contributed by atoms with Crippen molar-refractivity contribution in [1.29, 1.82) is 0 Å². The Labute approximate surface area is 191 Å². The lowest BCUT2D eigenvalue weighted by Gasteiger charge is -2.47. The topological polar surface area (TPSA) is 34.1 Å². The van der Waals surface area contributed by atoms with Gasteiger partial charge in [-0.1, -0.05) is 13.0 Å². The predicted octanol–water partition coefficient (Wildman–Crippen LogP) is 7.35. The van der Waals surface area contributed by atoms with Crippen molar-refractivity contribution in [2.24, 2.45) is 4.99 Å². The summed E-state index contributed by atoms with van der Waals surface area (Å²) in [4.78, 5) is 7.20. The van der Waals surface area contributed by atoms with Gasteiger partial charge in [0.05, 0.1) is 12.8 Å². The van der Waals surface area contributed by atoms with Crippen molar-refractivity contribution in [2.75, 3.05) is 18.6 Å². The molecule has 0 amide bonds. The summed E-state index contributed by atoms with van der Waals surface area (Å²) in [5.41, 5.74) is 4.98. The van der Waals surface area contributed by atoms with E-state index in [0.717, 1.165) is 41.5 Å². The number of rotatable bonds is 6. The van der Waals surface area contributed by atoms with Crippen LogP contribution >= 0.6 is 0 Å². The molecule has 4 heteroatoms. The fourth-order valence-corrected chi connectivity index (χ4v) is 4.72. The molecule has 1 atom stereocenters. The molecule has 1 heterocycles. The summed E-state index contributed by atoms with van der Waals surface area (Å²) in [7, 11) is 1.65. The molecule has 0 saturated carbocycles. The average Bonchev–Trinajstić information content (AvgIpc) is 2.79. The number of aliphatic imine (C=N–C) groups is 1. The predicted molar refractivity (Wildman–Crippen MR) is 133 cm³/mol. The monoisotopic (exact) mass is 428 g/mol. The summed E-state index contributed by atoms with van der Waals surface area (Å²) in [6, 6.07) is 22.1. The van der Waals surface area contributed by atoms with E-state index in [4.69, 9.17) is 9.47 Å². The first kappa shape index (κ1) is 21.9. The molecule has 0 radical (unpaired) electrons. The standard InChI is InChI=1S/C28H32N2O2/c1-6-30-27-16-7-21(17-26(27)20(2)18-28(30,3)4)19-29-22-8-10-24(11-9-22)32-25-14-12-23(31-5)13-15-25/h7-17,19-20H,6,18H2,1-5H3. The Morgan fingerprint density at radius 3 is 2.22 bits per heavy atom. The summed E-state index contributed by atoms with van der Waals surface area (Å²) < 4.78 is 11.1. The molecular formula is C28H32N2O2. The summed E-state index contributed by atoms with van der Waals surface area (Å²) in [6.45, 7) is 10.3. The molecule has 0 aliphatic carbocycles. The van der Waals surface area contributed by atoms with Gasteiger partial charge in [0.15, 0.2) is 0 Å². The van der Waals surface area contributed by atoms with Crippen LogP contribution < -0.4 is 14.4 Å². The first-order valence-corrected chi connectivity index (χ1v) is 11.3. The Morgan fingerprint density at radius 1 is 0.969 bits per heavy atom. The first-order valence-electron chi connectivity index (χ1n) is 11.3. The van der Waals surface area contributed by atoms with E-state index in [9.17, 15) is 0 Å². The minimum Gasteiger partial charge on any atom is -0.497 e. The van der Waals surface area contributed by atoms with Gasteiger partial charge in [-0.15, -0.1) is 0 Å². The van der Waals surface area contributed by atoms with Crippen molar-refractivity contribution in [3.63, 3.8) is 0 Å².